The molecule has 7 heteroatoms. The van der Waals surface area contributed by atoms with Crippen LogP contribution in [0.1, 0.15) is 29.4 Å². The van der Waals surface area contributed by atoms with Crippen molar-refractivity contribution in [1.29, 1.82) is 0 Å². The zero-order valence-electron chi connectivity index (χ0n) is 10.8. The smallest absolute Gasteiger partial charge is 0.262 e. The summed E-state index contributed by atoms with van der Waals surface area (Å²) in [4.78, 5) is 11.9. The molecule has 0 atom stereocenters. The molecule has 20 heavy (non-hydrogen) atoms. The number of aryl methyl sites for hydroxylation is 1. The number of rotatable bonds is 4. The van der Waals surface area contributed by atoms with Crippen molar-refractivity contribution in [2.75, 3.05) is 11.1 Å². The van der Waals surface area contributed by atoms with Crippen molar-refractivity contribution in [2.45, 2.75) is 19.8 Å². The van der Waals surface area contributed by atoms with E-state index in [0.717, 1.165) is 30.7 Å². The lowest BCUT2D eigenvalue weighted by molar-refractivity contribution is 0.101. The van der Waals surface area contributed by atoms with E-state index in [2.05, 4.69) is 15.5 Å². The predicted octanol–water partition coefficient (Wildman–Crippen LogP) is 2.47. The average Bonchev–Trinajstić information content (AvgIpc) is 2.82. The van der Waals surface area contributed by atoms with E-state index in [1.165, 1.54) is 0 Å². The summed E-state index contributed by atoms with van der Waals surface area (Å²) in [5, 5.41) is 8.91. The molecular formula is C13H14F2N4O. The van der Waals surface area contributed by atoms with Crippen LogP contribution in [0.5, 0.6) is 0 Å². The topological polar surface area (TPSA) is 83.8 Å². The predicted molar refractivity (Wildman–Crippen MR) is 71.3 cm³/mol. The van der Waals surface area contributed by atoms with Crippen LogP contribution in [0.25, 0.3) is 0 Å². The lowest BCUT2D eigenvalue weighted by Gasteiger charge is -2.06. The van der Waals surface area contributed by atoms with Crippen LogP contribution in [0.2, 0.25) is 0 Å². The number of benzene rings is 1. The Hall–Kier alpha value is -2.44. The van der Waals surface area contributed by atoms with Crippen LogP contribution in [0.4, 0.5) is 20.3 Å². The Morgan fingerprint density at radius 1 is 1.45 bits per heavy atom. The lowest BCUT2D eigenvalue weighted by atomic mass is 10.1. The highest BCUT2D eigenvalue weighted by Crippen LogP contribution is 2.20. The molecule has 1 aromatic heterocycles. The van der Waals surface area contributed by atoms with Crippen LogP contribution in [-0.4, -0.2) is 16.1 Å². The summed E-state index contributed by atoms with van der Waals surface area (Å²) in [7, 11) is 0. The number of carbonyl (C=O) groups excluding carboxylic acids is 1. The second-order valence-electron chi connectivity index (χ2n) is 4.31. The molecule has 1 amide bonds. The minimum absolute atomic E-state index is 0.208. The van der Waals surface area contributed by atoms with Gasteiger partial charge < -0.3 is 11.1 Å². The van der Waals surface area contributed by atoms with Crippen LogP contribution in [0.3, 0.4) is 0 Å². The number of hydrogen-bond acceptors (Lipinski definition) is 3. The van der Waals surface area contributed by atoms with Gasteiger partial charge in [-0.15, -0.1) is 0 Å². The summed E-state index contributed by atoms with van der Waals surface area (Å²) in [6, 6.07) is 3.62. The molecule has 5 nitrogen and oxygen atoms in total. The molecular weight excluding hydrogens is 266 g/mol. The Morgan fingerprint density at radius 3 is 2.90 bits per heavy atom. The van der Waals surface area contributed by atoms with Crippen molar-refractivity contribution in [1.82, 2.24) is 10.2 Å². The van der Waals surface area contributed by atoms with Crippen molar-refractivity contribution in [3.63, 3.8) is 0 Å². The number of nitrogens with zero attached hydrogens (tertiary/aromatic N) is 1. The number of halogens is 2. The molecule has 0 aliphatic heterocycles. The molecule has 0 bridgehead atoms. The van der Waals surface area contributed by atoms with Crippen molar-refractivity contribution < 1.29 is 13.6 Å². The number of aromatic amines is 1. The van der Waals surface area contributed by atoms with Crippen molar-refractivity contribution in [3.8, 4) is 0 Å². The van der Waals surface area contributed by atoms with Gasteiger partial charge in [0, 0.05) is 11.8 Å². The molecule has 0 saturated carbocycles. The Bertz CT molecular complexity index is 639. The van der Waals surface area contributed by atoms with E-state index in [9.17, 15) is 13.6 Å². The van der Waals surface area contributed by atoms with Gasteiger partial charge in [-0.3, -0.25) is 9.89 Å². The highest BCUT2D eigenvalue weighted by atomic mass is 19.1. The van der Waals surface area contributed by atoms with E-state index in [4.69, 9.17) is 5.73 Å². The van der Waals surface area contributed by atoms with Gasteiger partial charge in [-0.2, -0.15) is 5.10 Å². The van der Waals surface area contributed by atoms with Crippen LogP contribution < -0.4 is 11.1 Å². The second kappa shape index (κ2) is 5.68. The first-order valence-corrected chi connectivity index (χ1v) is 6.12. The van der Waals surface area contributed by atoms with E-state index >= 15 is 0 Å². The second-order valence-corrected chi connectivity index (χ2v) is 4.31. The summed E-state index contributed by atoms with van der Waals surface area (Å²) >= 11 is 0. The van der Waals surface area contributed by atoms with Crippen molar-refractivity contribution >= 4 is 17.4 Å². The minimum Gasteiger partial charge on any atom is -0.396 e. The first kappa shape index (κ1) is 14.0. The van der Waals surface area contributed by atoms with Crippen LogP contribution in [0, 0.1) is 11.6 Å². The maximum Gasteiger partial charge on any atom is 0.262 e. The zero-order valence-corrected chi connectivity index (χ0v) is 10.8. The Kier molecular flexibility index (Phi) is 3.97. The minimum atomic E-state index is -1.08. The van der Waals surface area contributed by atoms with Crippen LogP contribution >= 0.6 is 0 Å². The van der Waals surface area contributed by atoms with Gasteiger partial charge in [-0.05, 0) is 18.6 Å². The largest absolute Gasteiger partial charge is 0.396 e. The molecule has 4 N–H and O–H groups in total. The summed E-state index contributed by atoms with van der Waals surface area (Å²) < 4.78 is 27.2. The van der Waals surface area contributed by atoms with Crippen LogP contribution in [0.15, 0.2) is 18.2 Å². The first-order chi connectivity index (χ1) is 9.52. The maximum atomic E-state index is 13.7. The number of carbonyl (C=O) groups is 1. The van der Waals surface area contributed by atoms with E-state index in [0.29, 0.717) is 0 Å². The third-order valence-corrected chi connectivity index (χ3v) is 2.74. The summed E-state index contributed by atoms with van der Waals surface area (Å²) in [5.74, 6) is -2.77. The number of hydrogen-bond donors (Lipinski definition) is 3. The normalized spacial score (nSPS) is 10.6. The van der Waals surface area contributed by atoms with Gasteiger partial charge in [-0.1, -0.05) is 13.3 Å². The molecule has 1 heterocycles. The summed E-state index contributed by atoms with van der Waals surface area (Å²) in [6.07, 6.45) is 1.68. The lowest BCUT2D eigenvalue weighted by Crippen LogP contribution is -2.17. The number of nitrogens with one attached hydrogen (secondary N) is 2. The average molecular weight is 280 g/mol. The first-order valence-electron chi connectivity index (χ1n) is 6.12. The van der Waals surface area contributed by atoms with Gasteiger partial charge in [-0.25, -0.2) is 8.78 Å². The molecule has 0 radical (unpaired) electrons. The fourth-order valence-corrected chi connectivity index (χ4v) is 1.78. The summed E-state index contributed by atoms with van der Waals surface area (Å²) in [6.45, 7) is 2.00. The van der Waals surface area contributed by atoms with Gasteiger partial charge in [0.05, 0.1) is 5.69 Å². The molecule has 0 unspecified atom stereocenters. The third kappa shape index (κ3) is 2.76. The monoisotopic (exact) mass is 280 g/mol. The van der Waals surface area contributed by atoms with Crippen molar-refractivity contribution in [2.24, 2.45) is 0 Å². The van der Waals surface area contributed by atoms with E-state index < -0.39 is 23.1 Å². The van der Waals surface area contributed by atoms with Gasteiger partial charge >= 0.3 is 0 Å². The number of nitrogens with two attached hydrogens (primary N) is 1. The molecule has 2 aromatic rings. The number of H-pyrrole nitrogens is 1. The molecule has 0 aliphatic rings. The zero-order chi connectivity index (χ0) is 14.7. The van der Waals surface area contributed by atoms with Gasteiger partial charge in [0.1, 0.15) is 11.4 Å². The van der Waals surface area contributed by atoms with Gasteiger partial charge in [0.2, 0.25) is 0 Å². The summed E-state index contributed by atoms with van der Waals surface area (Å²) in [5.41, 5.74) is 5.15. The Morgan fingerprint density at radius 2 is 2.20 bits per heavy atom. The molecule has 0 fully saturated rings. The number of nitrogen functional groups attached to an aromatic ring is 1. The number of aromatic nitrogens is 2. The van der Waals surface area contributed by atoms with Gasteiger partial charge in [0.25, 0.3) is 5.91 Å². The molecule has 1 aromatic carbocycles. The maximum absolute atomic E-state index is 13.7. The molecule has 106 valence electrons. The van der Waals surface area contributed by atoms with E-state index in [1.807, 2.05) is 6.92 Å². The Balaban J connectivity index is 2.21. The van der Waals surface area contributed by atoms with E-state index in [1.54, 1.807) is 6.07 Å². The molecule has 2 rings (SSSR count). The standard InChI is InChI=1S/C13H14F2N4O/c1-2-3-7-6-10(19-18-7)17-13(20)11-8(14)4-5-9(16)12(11)15/h4-6H,2-3,16H2,1H3,(H2,17,18,19,20). The fraction of sp³-hybridized carbons (Fsp3) is 0.231. The van der Waals surface area contributed by atoms with Crippen LogP contribution in [-0.2, 0) is 6.42 Å². The number of amides is 1. The quantitative estimate of drug-likeness (QED) is 0.752. The third-order valence-electron chi connectivity index (χ3n) is 2.74. The van der Waals surface area contributed by atoms with Gasteiger partial charge in [0.15, 0.2) is 11.6 Å². The highest BCUT2D eigenvalue weighted by Gasteiger charge is 2.20. The molecule has 0 aliphatic carbocycles. The van der Waals surface area contributed by atoms with Crippen molar-refractivity contribution in [3.05, 3.63) is 41.1 Å². The Labute approximate surface area is 114 Å². The fourth-order valence-electron chi connectivity index (χ4n) is 1.78. The van der Waals surface area contributed by atoms with E-state index in [-0.39, 0.29) is 11.5 Å². The number of anilines is 2. The molecule has 0 saturated heterocycles. The molecule has 0 spiro atoms. The highest BCUT2D eigenvalue weighted by molar-refractivity contribution is 6.04. The SMILES string of the molecule is CCCc1cc(NC(=O)c2c(F)ccc(N)c2F)n[nH]1.